The average Bonchev–Trinajstić information content (AvgIpc) is 2.97. The molecule has 0 spiro atoms. The standard InChI is InChI=1S/C18H17F2N3O2/c19-14-7-15(20)9-16(8-14)23-11-13(6-17(23)24)18(25)22-5-3-12-2-1-4-21-10-12/h1-2,4,7-10,13H,3,5-6,11H2,(H,22,25). The Hall–Kier alpha value is -2.83. The molecule has 0 saturated carbocycles. The highest BCUT2D eigenvalue weighted by Gasteiger charge is 2.35. The summed E-state index contributed by atoms with van der Waals surface area (Å²) < 4.78 is 26.7. The summed E-state index contributed by atoms with van der Waals surface area (Å²) in [6, 6.07) is 6.65. The first-order valence-corrected chi connectivity index (χ1v) is 7.96. The van der Waals surface area contributed by atoms with Gasteiger partial charge in [0.2, 0.25) is 11.8 Å². The molecule has 0 radical (unpaired) electrons. The third-order valence-electron chi connectivity index (χ3n) is 4.09. The normalized spacial score (nSPS) is 17.0. The minimum Gasteiger partial charge on any atom is -0.355 e. The Balaban J connectivity index is 1.57. The molecule has 1 N–H and O–H groups in total. The van der Waals surface area contributed by atoms with Crippen LogP contribution in [0, 0.1) is 17.6 Å². The Morgan fingerprint density at radius 1 is 1.28 bits per heavy atom. The number of benzene rings is 1. The van der Waals surface area contributed by atoms with Gasteiger partial charge in [-0.3, -0.25) is 14.6 Å². The lowest BCUT2D eigenvalue weighted by Crippen LogP contribution is -2.34. The third kappa shape index (κ3) is 4.17. The molecule has 1 atom stereocenters. The molecular weight excluding hydrogens is 328 g/mol. The van der Waals surface area contributed by atoms with E-state index in [1.165, 1.54) is 4.90 Å². The van der Waals surface area contributed by atoms with Gasteiger partial charge in [0.1, 0.15) is 11.6 Å². The molecule has 3 rings (SSSR count). The Labute approximate surface area is 143 Å². The monoisotopic (exact) mass is 345 g/mol. The van der Waals surface area contributed by atoms with Crippen molar-refractivity contribution in [1.82, 2.24) is 10.3 Å². The summed E-state index contributed by atoms with van der Waals surface area (Å²) in [6.45, 7) is 0.546. The second-order valence-corrected chi connectivity index (χ2v) is 5.94. The molecule has 7 heteroatoms. The van der Waals surface area contributed by atoms with Crippen LogP contribution in [0.5, 0.6) is 0 Å². The smallest absolute Gasteiger partial charge is 0.227 e. The second kappa shape index (κ2) is 7.38. The molecule has 1 aromatic carbocycles. The number of halogens is 2. The van der Waals surface area contributed by atoms with Gasteiger partial charge in [-0.25, -0.2) is 8.78 Å². The number of carbonyl (C=O) groups is 2. The van der Waals surface area contributed by atoms with Crippen LogP contribution in [0.15, 0.2) is 42.7 Å². The number of aromatic nitrogens is 1. The second-order valence-electron chi connectivity index (χ2n) is 5.94. The van der Waals surface area contributed by atoms with Crippen LogP contribution in [0.1, 0.15) is 12.0 Å². The van der Waals surface area contributed by atoms with E-state index < -0.39 is 17.6 Å². The van der Waals surface area contributed by atoms with Crippen molar-refractivity contribution >= 4 is 17.5 Å². The van der Waals surface area contributed by atoms with Crippen LogP contribution < -0.4 is 10.2 Å². The van der Waals surface area contributed by atoms with Crippen LogP contribution in [0.2, 0.25) is 0 Å². The summed E-state index contributed by atoms with van der Waals surface area (Å²) in [7, 11) is 0. The van der Waals surface area contributed by atoms with E-state index in [4.69, 9.17) is 0 Å². The minimum absolute atomic E-state index is 0.0247. The highest BCUT2D eigenvalue weighted by molar-refractivity contribution is 6.00. The molecule has 25 heavy (non-hydrogen) atoms. The molecule has 2 amide bonds. The largest absolute Gasteiger partial charge is 0.355 e. The molecular formula is C18H17F2N3O2. The molecule has 2 heterocycles. The van der Waals surface area contributed by atoms with E-state index in [0.29, 0.717) is 13.0 Å². The summed E-state index contributed by atoms with van der Waals surface area (Å²) >= 11 is 0. The fourth-order valence-corrected chi connectivity index (χ4v) is 2.85. The van der Waals surface area contributed by atoms with Crippen molar-refractivity contribution in [1.29, 1.82) is 0 Å². The number of nitrogens with one attached hydrogen (secondary N) is 1. The highest BCUT2D eigenvalue weighted by Crippen LogP contribution is 2.26. The van der Waals surface area contributed by atoms with Crippen molar-refractivity contribution in [3.63, 3.8) is 0 Å². The maximum atomic E-state index is 13.3. The highest BCUT2D eigenvalue weighted by atomic mass is 19.1. The zero-order valence-corrected chi connectivity index (χ0v) is 13.4. The van der Waals surface area contributed by atoms with Crippen LogP contribution in [-0.2, 0) is 16.0 Å². The Morgan fingerprint density at radius 3 is 2.72 bits per heavy atom. The molecule has 0 aliphatic carbocycles. The van der Waals surface area contributed by atoms with Crippen LogP contribution in [-0.4, -0.2) is 29.9 Å². The molecule has 130 valence electrons. The lowest BCUT2D eigenvalue weighted by atomic mass is 10.1. The van der Waals surface area contributed by atoms with E-state index in [1.54, 1.807) is 12.4 Å². The molecule has 1 saturated heterocycles. The van der Waals surface area contributed by atoms with Gasteiger partial charge in [-0.15, -0.1) is 0 Å². The Kier molecular flexibility index (Phi) is 5.02. The quantitative estimate of drug-likeness (QED) is 0.902. The summed E-state index contributed by atoms with van der Waals surface area (Å²) in [4.78, 5) is 29.6. The van der Waals surface area contributed by atoms with Crippen LogP contribution in [0.25, 0.3) is 0 Å². The number of carbonyl (C=O) groups excluding carboxylic acids is 2. The van der Waals surface area contributed by atoms with Gasteiger partial charge in [0.15, 0.2) is 0 Å². The number of pyridine rings is 1. The number of anilines is 1. The van der Waals surface area contributed by atoms with E-state index in [-0.39, 0.29) is 30.5 Å². The molecule has 2 aromatic rings. The first kappa shape index (κ1) is 17.0. The molecule has 0 bridgehead atoms. The van der Waals surface area contributed by atoms with Crippen molar-refractivity contribution in [2.75, 3.05) is 18.0 Å². The maximum absolute atomic E-state index is 13.3. The van der Waals surface area contributed by atoms with Crippen LogP contribution in [0.4, 0.5) is 14.5 Å². The maximum Gasteiger partial charge on any atom is 0.227 e. The van der Waals surface area contributed by atoms with E-state index in [1.807, 2.05) is 12.1 Å². The van der Waals surface area contributed by atoms with Gasteiger partial charge in [0.25, 0.3) is 0 Å². The van der Waals surface area contributed by atoms with Crippen molar-refractivity contribution in [2.24, 2.45) is 5.92 Å². The van der Waals surface area contributed by atoms with Crippen molar-refractivity contribution in [2.45, 2.75) is 12.8 Å². The number of rotatable bonds is 5. The number of nitrogens with zero attached hydrogens (tertiary/aromatic N) is 2. The van der Waals surface area contributed by atoms with Gasteiger partial charge >= 0.3 is 0 Å². The minimum atomic E-state index is -0.757. The Morgan fingerprint density at radius 2 is 2.04 bits per heavy atom. The summed E-state index contributed by atoms with van der Waals surface area (Å²) in [5.41, 5.74) is 1.13. The van der Waals surface area contributed by atoms with E-state index in [0.717, 1.165) is 23.8 Å². The van der Waals surface area contributed by atoms with Crippen LogP contribution in [0.3, 0.4) is 0 Å². The van der Waals surface area contributed by atoms with Crippen molar-refractivity contribution in [3.8, 4) is 0 Å². The van der Waals surface area contributed by atoms with Gasteiger partial charge < -0.3 is 10.2 Å². The molecule has 1 aliphatic rings. The predicted octanol–water partition coefficient (Wildman–Crippen LogP) is 2.07. The number of hydrogen-bond donors (Lipinski definition) is 1. The molecule has 1 aromatic heterocycles. The molecule has 1 unspecified atom stereocenters. The van der Waals surface area contributed by atoms with Gasteiger partial charge in [-0.1, -0.05) is 6.07 Å². The molecule has 5 nitrogen and oxygen atoms in total. The summed E-state index contributed by atoms with van der Waals surface area (Å²) in [6.07, 6.45) is 4.07. The van der Waals surface area contributed by atoms with Crippen molar-refractivity contribution < 1.29 is 18.4 Å². The van der Waals surface area contributed by atoms with Gasteiger partial charge in [0, 0.05) is 43.7 Å². The van der Waals surface area contributed by atoms with E-state index in [9.17, 15) is 18.4 Å². The van der Waals surface area contributed by atoms with E-state index in [2.05, 4.69) is 10.3 Å². The topological polar surface area (TPSA) is 62.3 Å². The van der Waals surface area contributed by atoms with Crippen LogP contribution >= 0.6 is 0 Å². The van der Waals surface area contributed by atoms with Gasteiger partial charge in [0.05, 0.1) is 5.92 Å². The SMILES string of the molecule is O=C(NCCc1cccnc1)C1CC(=O)N(c2cc(F)cc(F)c2)C1. The fraction of sp³-hybridized carbons (Fsp3) is 0.278. The van der Waals surface area contributed by atoms with E-state index >= 15 is 0 Å². The zero-order valence-electron chi connectivity index (χ0n) is 13.4. The average molecular weight is 345 g/mol. The lowest BCUT2D eigenvalue weighted by Gasteiger charge is -2.17. The first-order chi connectivity index (χ1) is 12.0. The fourth-order valence-electron chi connectivity index (χ4n) is 2.85. The Bertz CT molecular complexity index is 763. The molecule has 1 fully saturated rings. The number of amides is 2. The number of hydrogen-bond acceptors (Lipinski definition) is 3. The summed E-state index contributed by atoms with van der Waals surface area (Å²) in [5, 5.41) is 2.79. The molecule has 1 aliphatic heterocycles. The van der Waals surface area contributed by atoms with Gasteiger partial charge in [-0.2, -0.15) is 0 Å². The van der Waals surface area contributed by atoms with Crippen molar-refractivity contribution in [3.05, 3.63) is 59.9 Å². The predicted molar refractivity (Wildman–Crippen MR) is 87.8 cm³/mol. The summed E-state index contributed by atoms with van der Waals surface area (Å²) in [5.74, 6) is -2.61. The first-order valence-electron chi connectivity index (χ1n) is 7.96. The van der Waals surface area contributed by atoms with Gasteiger partial charge in [-0.05, 0) is 30.2 Å². The third-order valence-corrected chi connectivity index (χ3v) is 4.09. The lowest BCUT2D eigenvalue weighted by molar-refractivity contribution is -0.126. The zero-order chi connectivity index (χ0) is 17.8.